The molecular weight excluding hydrogens is 359 g/mol. The van der Waals surface area contributed by atoms with E-state index in [1.807, 2.05) is 20.8 Å². The fourth-order valence-corrected chi connectivity index (χ4v) is 1.41. The van der Waals surface area contributed by atoms with Crippen molar-refractivity contribution in [3.63, 3.8) is 0 Å². The number of nitrogens with zero attached hydrogens (tertiary/aromatic N) is 1. The van der Waals surface area contributed by atoms with Crippen LogP contribution in [0.25, 0.3) is 0 Å². The molecule has 0 radical (unpaired) electrons. The number of ether oxygens (including phenoxy) is 1. The van der Waals surface area contributed by atoms with Crippen LogP contribution < -0.4 is 16.0 Å². The first-order valence-electron chi connectivity index (χ1n) is 6.25. The summed E-state index contributed by atoms with van der Waals surface area (Å²) in [6.45, 7) is 7.05. The van der Waals surface area contributed by atoms with Crippen LogP contribution in [0.15, 0.2) is 4.99 Å². The Morgan fingerprint density at radius 3 is 2.37 bits per heavy atom. The highest BCUT2D eigenvalue weighted by atomic mass is 127. The molecule has 0 rings (SSSR count). The minimum atomic E-state index is 0. The Morgan fingerprint density at radius 2 is 1.89 bits per heavy atom. The van der Waals surface area contributed by atoms with Gasteiger partial charge in [0.1, 0.15) is 0 Å². The maximum absolute atomic E-state index is 11.4. The fourth-order valence-electron chi connectivity index (χ4n) is 1.41. The Bertz CT molecular complexity index is 272. The first-order valence-corrected chi connectivity index (χ1v) is 6.25. The molecule has 0 aliphatic heterocycles. The number of guanidine groups is 1. The summed E-state index contributed by atoms with van der Waals surface area (Å²) >= 11 is 0. The average Bonchev–Trinajstić information content (AvgIpc) is 2.27. The number of aliphatic imine (C=N–C) groups is 1. The highest BCUT2D eigenvalue weighted by Gasteiger charge is 2.06. The van der Waals surface area contributed by atoms with Crippen LogP contribution in [0.3, 0.4) is 0 Å². The van der Waals surface area contributed by atoms with Gasteiger partial charge in [-0.1, -0.05) is 0 Å². The second-order valence-corrected chi connectivity index (χ2v) is 4.47. The van der Waals surface area contributed by atoms with Crippen LogP contribution in [-0.4, -0.2) is 51.3 Å². The van der Waals surface area contributed by atoms with E-state index in [9.17, 15) is 4.79 Å². The van der Waals surface area contributed by atoms with Crippen molar-refractivity contribution in [1.82, 2.24) is 16.0 Å². The summed E-state index contributed by atoms with van der Waals surface area (Å²) in [5.41, 5.74) is 0. The first kappa shape index (κ1) is 20.7. The second kappa shape index (κ2) is 12.5. The summed E-state index contributed by atoms with van der Waals surface area (Å²) in [5, 5.41) is 9.09. The normalized spacial score (nSPS) is 12.6. The molecule has 6 nitrogen and oxygen atoms in total. The van der Waals surface area contributed by atoms with E-state index >= 15 is 0 Å². The summed E-state index contributed by atoms with van der Waals surface area (Å²) in [7, 11) is 3.35. The minimum Gasteiger partial charge on any atom is -0.383 e. The fraction of sp³-hybridized carbons (Fsp3) is 0.833. The van der Waals surface area contributed by atoms with Crippen LogP contribution in [-0.2, 0) is 9.53 Å². The quantitative estimate of drug-likeness (QED) is 0.343. The molecule has 0 aromatic heterocycles. The maximum Gasteiger partial charge on any atom is 0.221 e. The van der Waals surface area contributed by atoms with Gasteiger partial charge in [-0.05, 0) is 20.8 Å². The van der Waals surface area contributed by atoms with Gasteiger partial charge in [0.15, 0.2) is 5.96 Å². The smallest absolute Gasteiger partial charge is 0.221 e. The third-order valence-corrected chi connectivity index (χ3v) is 2.12. The number of hydrogen-bond donors (Lipinski definition) is 3. The van der Waals surface area contributed by atoms with Gasteiger partial charge in [0.2, 0.25) is 5.91 Å². The molecule has 0 saturated carbocycles. The third kappa shape index (κ3) is 12.2. The van der Waals surface area contributed by atoms with Crippen molar-refractivity contribution < 1.29 is 9.53 Å². The molecule has 0 aliphatic carbocycles. The lowest BCUT2D eigenvalue weighted by molar-refractivity contribution is -0.121. The number of rotatable bonds is 7. The standard InChI is InChI=1S/C12H26N4O2.HI/c1-9(2)15-11(17)6-7-14-12(13-4)16-10(3)8-18-5;/h9-10H,6-8H2,1-5H3,(H,15,17)(H2,13,14,16);1H. The molecule has 1 amide bonds. The van der Waals surface area contributed by atoms with Gasteiger partial charge in [-0.15, -0.1) is 24.0 Å². The molecule has 19 heavy (non-hydrogen) atoms. The van der Waals surface area contributed by atoms with Crippen LogP contribution in [0.2, 0.25) is 0 Å². The lowest BCUT2D eigenvalue weighted by atomic mass is 10.3. The molecule has 0 bridgehead atoms. The molecule has 3 N–H and O–H groups in total. The van der Waals surface area contributed by atoms with Crippen molar-refractivity contribution in [3.8, 4) is 0 Å². The molecule has 0 heterocycles. The lowest BCUT2D eigenvalue weighted by Crippen LogP contribution is -2.45. The topological polar surface area (TPSA) is 74.8 Å². The van der Waals surface area contributed by atoms with E-state index < -0.39 is 0 Å². The number of carbonyl (C=O) groups excluding carboxylic acids is 1. The van der Waals surface area contributed by atoms with E-state index in [4.69, 9.17) is 4.74 Å². The molecule has 0 aromatic carbocycles. The molecule has 114 valence electrons. The van der Waals surface area contributed by atoms with Gasteiger partial charge in [0.05, 0.1) is 6.61 Å². The highest BCUT2D eigenvalue weighted by molar-refractivity contribution is 14.0. The number of hydrogen-bond acceptors (Lipinski definition) is 3. The zero-order chi connectivity index (χ0) is 14.0. The zero-order valence-electron chi connectivity index (χ0n) is 12.4. The molecular formula is C12H27IN4O2. The molecule has 1 atom stereocenters. The number of methoxy groups -OCH3 is 1. The minimum absolute atomic E-state index is 0. The highest BCUT2D eigenvalue weighted by Crippen LogP contribution is 1.85. The lowest BCUT2D eigenvalue weighted by Gasteiger charge is -2.17. The van der Waals surface area contributed by atoms with E-state index in [2.05, 4.69) is 20.9 Å². The van der Waals surface area contributed by atoms with Gasteiger partial charge >= 0.3 is 0 Å². The number of halogens is 1. The SMILES string of the molecule is CN=C(NCCC(=O)NC(C)C)NC(C)COC.I. The molecule has 0 saturated heterocycles. The van der Waals surface area contributed by atoms with Crippen molar-refractivity contribution in [1.29, 1.82) is 0 Å². The van der Waals surface area contributed by atoms with E-state index in [1.54, 1.807) is 14.2 Å². The van der Waals surface area contributed by atoms with Gasteiger partial charge in [-0.3, -0.25) is 9.79 Å². The summed E-state index contributed by atoms with van der Waals surface area (Å²) in [5.74, 6) is 0.717. The Hall–Kier alpha value is -0.570. The number of nitrogens with one attached hydrogen (secondary N) is 3. The molecule has 0 aromatic rings. The Balaban J connectivity index is 0. The van der Waals surface area contributed by atoms with Gasteiger partial charge < -0.3 is 20.7 Å². The summed E-state index contributed by atoms with van der Waals surface area (Å²) in [4.78, 5) is 15.5. The summed E-state index contributed by atoms with van der Waals surface area (Å²) < 4.78 is 5.03. The summed E-state index contributed by atoms with van der Waals surface area (Å²) in [6.07, 6.45) is 0.428. The van der Waals surface area contributed by atoms with Gasteiger partial charge in [-0.25, -0.2) is 0 Å². The van der Waals surface area contributed by atoms with Crippen LogP contribution >= 0.6 is 24.0 Å². The predicted octanol–water partition coefficient (Wildman–Crippen LogP) is 0.719. The van der Waals surface area contributed by atoms with Crippen LogP contribution in [0.4, 0.5) is 0 Å². The van der Waals surface area contributed by atoms with E-state index in [1.165, 1.54) is 0 Å². The van der Waals surface area contributed by atoms with Crippen molar-refractivity contribution in [2.75, 3.05) is 27.3 Å². The van der Waals surface area contributed by atoms with Crippen LogP contribution in [0.1, 0.15) is 27.2 Å². The van der Waals surface area contributed by atoms with Crippen molar-refractivity contribution in [2.45, 2.75) is 39.3 Å². The van der Waals surface area contributed by atoms with E-state index in [-0.39, 0.29) is 42.0 Å². The maximum atomic E-state index is 11.4. The predicted molar refractivity (Wildman–Crippen MR) is 89.1 cm³/mol. The molecule has 1 unspecified atom stereocenters. The van der Waals surface area contributed by atoms with E-state index in [0.29, 0.717) is 25.5 Å². The van der Waals surface area contributed by atoms with E-state index in [0.717, 1.165) is 0 Å². The monoisotopic (exact) mass is 386 g/mol. The molecule has 7 heteroatoms. The third-order valence-electron chi connectivity index (χ3n) is 2.12. The number of amides is 1. The molecule has 0 fully saturated rings. The zero-order valence-corrected chi connectivity index (χ0v) is 14.8. The van der Waals surface area contributed by atoms with Crippen molar-refractivity contribution >= 4 is 35.8 Å². The Morgan fingerprint density at radius 1 is 1.26 bits per heavy atom. The average molecular weight is 386 g/mol. The first-order chi connectivity index (χ1) is 8.49. The second-order valence-electron chi connectivity index (χ2n) is 4.47. The van der Waals surface area contributed by atoms with Crippen molar-refractivity contribution in [2.24, 2.45) is 4.99 Å². The largest absolute Gasteiger partial charge is 0.383 e. The summed E-state index contributed by atoms with van der Waals surface area (Å²) in [6, 6.07) is 0.349. The molecule has 0 spiro atoms. The van der Waals surface area contributed by atoms with Gasteiger partial charge in [0, 0.05) is 39.2 Å². The van der Waals surface area contributed by atoms with Gasteiger partial charge in [0.25, 0.3) is 0 Å². The number of carbonyl (C=O) groups is 1. The Labute approximate surface area is 133 Å². The van der Waals surface area contributed by atoms with Crippen LogP contribution in [0, 0.1) is 0 Å². The Kier molecular flexibility index (Phi) is 13.6. The van der Waals surface area contributed by atoms with Gasteiger partial charge in [-0.2, -0.15) is 0 Å². The van der Waals surface area contributed by atoms with Crippen LogP contribution in [0.5, 0.6) is 0 Å². The van der Waals surface area contributed by atoms with Crippen molar-refractivity contribution in [3.05, 3.63) is 0 Å². The molecule has 0 aliphatic rings.